The highest BCUT2D eigenvalue weighted by molar-refractivity contribution is 6.14. The lowest BCUT2D eigenvalue weighted by molar-refractivity contribution is -0.166. The highest BCUT2D eigenvalue weighted by Crippen LogP contribution is 2.36. The molecule has 0 aliphatic carbocycles. The van der Waals surface area contributed by atoms with Gasteiger partial charge in [0.25, 0.3) is 0 Å². The van der Waals surface area contributed by atoms with Crippen molar-refractivity contribution in [2.75, 3.05) is 20.8 Å². The van der Waals surface area contributed by atoms with E-state index >= 15 is 0 Å². The number of rotatable bonds is 9. The Bertz CT molecular complexity index is 1420. The molecule has 206 valence electrons. The average Bonchev–Trinajstić information content (AvgIpc) is 3.47. The molecule has 4 rings (SSSR count). The average molecular weight is 543 g/mol. The first-order chi connectivity index (χ1) is 18.6. The van der Waals surface area contributed by atoms with Gasteiger partial charge in [0.2, 0.25) is 5.78 Å². The van der Waals surface area contributed by atoms with Gasteiger partial charge in [-0.1, -0.05) is 0 Å². The van der Waals surface area contributed by atoms with Crippen LogP contribution in [0.4, 0.5) is 0 Å². The van der Waals surface area contributed by atoms with Crippen molar-refractivity contribution < 1.29 is 47.6 Å². The van der Waals surface area contributed by atoms with Crippen LogP contribution in [0.5, 0.6) is 11.5 Å². The Morgan fingerprint density at radius 3 is 2.28 bits per heavy atom. The number of fused-ring (bicyclic) bond motifs is 1. The molecular formula is C25H26N4O10. The fourth-order valence-corrected chi connectivity index (χ4v) is 4.24. The molecule has 1 aromatic carbocycles. The molecule has 0 amide bonds. The smallest absolute Gasteiger partial charge is 0.303 e. The minimum atomic E-state index is -1.16. The van der Waals surface area contributed by atoms with Crippen LogP contribution < -0.4 is 9.47 Å². The Morgan fingerprint density at radius 1 is 0.923 bits per heavy atom. The van der Waals surface area contributed by atoms with E-state index in [1.54, 1.807) is 12.1 Å². The van der Waals surface area contributed by atoms with Gasteiger partial charge in [-0.3, -0.25) is 23.7 Å². The van der Waals surface area contributed by atoms with Crippen LogP contribution in [0.1, 0.15) is 43.1 Å². The van der Waals surface area contributed by atoms with Crippen molar-refractivity contribution in [2.45, 2.75) is 45.3 Å². The maximum Gasteiger partial charge on any atom is 0.303 e. The lowest BCUT2D eigenvalue weighted by Crippen LogP contribution is -2.40. The molecule has 3 aromatic rings. The first kappa shape index (κ1) is 27.4. The van der Waals surface area contributed by atoms with E-state index in [1.807, 2.05) is 0 Å². The number of nitrogens with zero attached hydrogens (tertiary/aromatic N) is 4. The maximum atomic E-state index is 13.5. The number of benzene rings is 1. The number of ether oxygens (including phenoxy) is 6. The van der Waals surface area contributed by atoms with Gasteiger partial charge in [0.15, 0.2) is 24.1 Å². The molecule has 0 radical (unpaired) electrons. The molecule has 1 aliphatic heterocycles. The summed E-state index contributed by atoms with van der Waals surface area (Å²) in [6.45, 7) is 3.31. The molecule has 0 bridgehead atoms. The number of hydrogen-bond acceptors (Lipinski definition) is 13. The number of aromatic nitrogens is 4. The summed E-state index contributed by atoms with van der Waals surface area (Å²) in [6, 6.07) is 4.77. The van der Waals surface area contributed by atoms with E-state index in [4.69, 9.17) is 28.4 Å². The van der Waals surface area contributed by atoms with Crippen LogP contribution >= 0.6 is 0 Å². The zero-order valence-corrected chi connectivity index (χ0v) is 21.8. The molecule has 0 spiro atoms. The van der Waals surface area contributed by atoms with Gasteiger partial charge in [0.05, 0.1) is 26.1 Å². The lowest BCUT2D eigenvalue weighted by atomic mass is 10.1. The van der Waals surface area contributed by atoms with Crippen LogP contribution in [0.25, 0.3) is 11.2 Å². The van der Waals surface area contributed by atoms with Crippen molar-refractivity contribution in [1.82, 2.24) is 19.5 Å². The van der Waals surface area contributed by atoms with E-state index in [0.717, 1.165) is 0 Å². The van der Waals surface area contributed by atoms with Gasteiger partial charge in [-0.15, -0.1) is 0 Å². The van der Waals surface area contributed by atoms with Gasteiger partial charge in [-0.2, -0.15) is 0 Å². The molecule has 0 saturated carbocycles. The third-order valence-corrected chi connectivity index (χ3v) is 5.84. The number of methoxy groups -OCH3 is 2. The summed E-state index contributed by atoms with van der Waals surface area (Å²) in [5, 5.41) is 0. The SMILES string of the molecule is COc1ccc(OC)c(C(=O)c2ncnc3c2ncn3[C@@H]2O[C@H](COC(C)=O)[C@@H](OC(C)=O)[C@H]2OC(C)=O)c1. The van der Waals surface area contributed by atoms with Crippen molar-refractivity contribution >= 4 is 34.9 Å². The van der Waals surface area contributed by atoms with Crippen molar-refractivity contribution in [2.24, 2.45) is 0 Å². The molecule has 1 fully saturated rings. The summed E-state index contributed by atoms with van der Waals surface area (Å²) < 4.78 is 34.0. The Labute approximate surface area is 222 Å². The normalized spacial score (nSPS) is 20.3. The van der Waals surface area contributed by atoms with Crippen molar-refractivity contribution in [1.29, 1.82) is 0 Å². The quantitative estimate of drug-likeness (QED) is 0.216. The molecule has 1 saturated heterocycles. The number of esters is 3. The van der Waals surface area contributed by atoms with Crippen LogP contribution in [0.3, 0.4) is 0 Å². The molecule has 39 heavy (non-hydrogen) atoms. The third-order valence-electron chi connectivity index (χ3n) is 5.84. The molecular weight excluding hydrogens is 516 g/mol. The second kappa shape index (κ2) is 11.4. The van der Waals surface area contributed by atoms with Crippen LogP contribution in [-0.2, 0) is 33.3 Å². The van der Waals surface area contributed by atoms with Crippen molar-refractivity contribution in [3.63, 3.8) is 0 Å². The summed E-state index contributed by atoms with van der Waals surface area (Å²) in [5.41, 5.74) is 0.468. The maximum absolute atomic E-state index is 13.5. The zero-order chi connectivity index (χ0) is 28.3. The summed E-state index contributed by atoms with van der Waals surface area (Å²) in [4.78, 5) is 61.5. The Kier molecular flexibility index (Phi) is 8.04. The predicted octanol–water partition coefficient (Wildman–Crippen LogP) is 1.40. The zero-order valence-electron chi connectivity index (χ0n) is 21.8. The molecule has 14 nitrogen and oxygen atoms in total. The molecule has 0 N–H and O–H groups in total. The van der Waals surface area contributed by atoms with Gasteiger partial charge < -0.3 is 28.4 Å². The Balaban J connectivity index is 1.77. The van der Waals surface area contributed by atoms with E-state index in [0.29, 0.717) is 11.5 Å². The third kappa shape index (κ3) is 5.65. The second-order valence-corrected chi connectivity index (χ2v) is 8.46. The van der Waals surface area contributed by atoms with E-state index in [-0.39, 0.29) is 29.0 Å². The van der Waals surface area contributed by atoms with Gasteiger partial charge in [-0.05, 0) is 18.2 Å². The number of imidazole rings is 1. The molecule has 14 heteroatoms. The van der Waals surface area contributed by atoms with E-state index < -0.39 is 48.2 Å². The van der Waals surface area contributed by atoms with E-state index in [2.05, 4.69) is 15.0 Å². The minimum Gasteiger partial charge on any atom is -0.497 e. The van der Waals surface area contributed by atoms with E-state index in [1.165, 1.54) is 58.3 Å². The summed E-state index contributed by atoms with van der Waals surface area (Å²) in [6.07, 6.45) is -1.84. The molecule has 1 aliphatic rings. The molecule has 0 unspecified atom stereocenters. The molecule has 3 heterocycles. The minimum absolute atomic E-state index is 0.0275. The largest absolute Gasteiger partial charge is 0.497 e. The first-order valence-electron chi connectivity index (χ1n) is 11.7. The number of ketones is 1. The highest BCUT2D eigenvalue weighted by Gasteiger charge is 2.51. The monoisotopic (exact) mass is 542 g/mol. The highest BCUT2D eigenvalue weighted by atomic mass is 16.7. The van der Waals surface area contributed by atoms with Gasteiger partial charge >= 0.3 is 17.9 Å². The topological polar surface area (TPSA) is 167 Å². The molecule has 2 aromatic heterocycles. The van der Waals surface area contributed by atoms with Crippen molar-refractivity contribution in [3.8, 4) is 11.5 Å². The van der Waals surface area contributed by atoms with Crippen LogP contribution in [0.15, 0.2) is 30.9 Å². The first-order valence-corrected chi connectivity index (χ1v) is 11.7. The lowest BCUT2D eigenvalue weighted by Gasteiger charge is -2.23. The van der Waals surface area contributed by atoms with Gasteiger partial charge in [0.1, 0.15) is 41.7 Å². The number of carbonyl (C=O) groups is 4. The number of carbonyl (C=O) groups excluding carboxylic acids is 4. The summed E-state index contributed by atoms with van der Waals surface area (Å²) in [5.74, 6) is -1.67. The van der Waals surface area contributed by atoms with Gasteiger partial charge in [0, 0.05) is 20.8 Å². The Morgan fingerprint density at radius 2 is 1.64 bits per heavy atom. The fraction of sp³-hybridized carbons (Fsp3) is 0.400. The van der Waals surface area contributed by atoms with Crippen LogP contribution in [0.2, 0.25) is 0 Å². The van der Waals surface area contributed by atoms with Crippen LogP contribution in [0, 0.1) is 0 Å². The van der Waals surface area contributed by atoms with Crippen molar-refractivity contribution in [3.05, 3.63) is 42.1 Å². The summed E-state index contributed by atoms with van der Waals surface area (Å²) in [7, 11) is 2.90. The summed E-state index contributed by atoms with van der Waals surface area (Å²) >= 11 is 0. The predicted molar refractivity (Wildman–Crippen MR) is 130 cm³/mol. The number of hydrogen-bond donors (Lipinski definition) is 0. The molecule has 4 atom stereocenters. The second-order valence-electron chi connectivity index (χ2n) is 8.46. The van der Waals surface area contributed by atoms with Gasteiger partial charge in [-0.25, -0.2) is 15.0 Å². The van der Waals surface area contributed by atoms with Crippen LogP contribution in [-0.4, -0.2) is 82.3 Å². The fourth-order valence-electron chi connectivity index (χ4n) is 4.24. The standard InChI is InChI=1S/C25H26N4O10/c1-12(30)36-9-18-22(37-13(2)31)23(38-14(3)32)25(39-18)29-11-28-20-19(26-10-27-24(20)29)21(33)16-8-15(34-4)6-7-17(16)35-5/h6-8,10-11,18,22-23,25H,9H2,1-5H3/t18-,22-,23-,25-/m1/s1. The Hall–Kier alpha value is -4.59. The van der Waals surface area contributed by atoms with E-state index in [9.17, 15) is 19.2 Å².